The standard InChI is InChI=1S/C20H27N3O2S/c1-22-7-2-3-16(22)6-10-25-17-4-5-18-15(13-17)14-19(21-18)20(24)23-8-11-26-12-9-23/h4-5,13-14,16,21H,2-3,6-12H2,1H3. The molecule has 0 saturated carbocycles. The van der Waals surface area contributed by atoms with Gasteiger partial charge in [0.1, 0.15) is 11.4 Å². The van der Waals surface area contributed by atoms with Gasteiger partial charge in [-0.3, -0.25) is 4.79 Å². The minimum atomic E-state index is 0.105. The van der Waals surface area contributed by atoms with Gasteiger partial charge in [0.25, 0.3) is 5.91 Å². The molecule has 140 valence electrons. The monoisotopic (exact) mass is 373 g/mol. The number of hydrogen-bond acceptors (Lipinski definition) is 4. The quantitative estimate of drug-likeness (QED) is 0.874. The highest BCUT2D eigenvalue weighted by Crippen LogP contribution is 2.24. The molecule has 1 atom stereocenters. The van der Waals surface area contributed by atoms with Gasteiger partial charge in [-0.25, -0.2) is 0 Å². The third kappa shape index (κ3) is 3.86. The smallest absolute Gasteiger partial charge is 0.270 e. The lowest BCUT2D eigenvalue weighted by molar-refractivity contribution is 0.0767. The van der Waals surface area contributed by atoms with E-state index in [1.54, 1.807) is 0 Å². The van der Waals surface area contributed by atoms with Crippen LogP contribution in [0.4, 0.5) is 0 Å². The van der Waals surface area contributed by atoms with Crippen LogP contribution in [0.25, 0.3) is 10.9 Å². The molecule has 26 heavy (non-hydrogen) atoms. The normalized spacial score (nSPS) is 21.4. The molecule has 5 nitrogen and oxygen atoms in total. The second-order valence-corrected chi connectivity index (χ2v) is 8.48. The number of carbonyl (C=O) groups excluding carboxylic acids is 1. The van der Waals surface area contributed by atoms with Crippen LogP contribution >= 0.6 is 11.8 Å². The Morgan fingerprint density at radius 1 is 1.27 bits per heavy atom. The van der Waals surface area contributed by atoms with Crippen molar-refractivity contribution in [3.8, 4) is 5.75 Å². The molecule has 2 aliphatic heterocycles. The summed E-state index contributed by atoms with van der Waals surface area (Å²) < 4.78 is 5.97. The van der Waals surface area contributed by atoms with Gasteiger partial charge in [0.2, 0.25) is 0 Å². The van der Waals surface area contributed by atoms with E-state index in [1.807, 2.05) is 40.9 Å². The largest absolute Gasteiger partial charge is 0.494 e. The van der Waals surface area contributed by atoms with Crippen LogP contribution in [0.15, 0.2) is 24.3 Å². The average molecular weight is 374 g/mol. The van der Waals surface area contributed by atoms with Gasteiger partial charge < -0.3 is 19.5 Å². The number of thioether (sulfide) groups is 1. The Hall–Kier alpha value is -1.66. The van der Waals surface area contributed by atoms with E-state index in [0.717, 1.165) is 54.3 Å². The number of rotatable bonds is 5. The summed E-state index contributed by atoms with van der Waals surface area (Å²) in [5, 5.41) is 1.04. The topological polar surface area (TPSA) is 48.6 Å². The maximum Gasteiger partial charge on any atom is 0.270 e. The van der Waals surface area contributed by atoms with Crippen molar-refractivity contribution in [3.05, 3.63) is 30.0 Å². The summed E-state index contributed by atoms with van der Waals surface area (Å²) in [6.45, 7) is 3.61. The molecule has 0 bridgehead atoms. The van der Waals surface area contributed by atoms with Crippen LogP contribution in [0.5, 0.6) is 5.75 Å². The number of carbonyl (C=O) groups is 1. The number of amides is 1. The number of nitrogens with zero attached hydrogens (tertiary/aromatic N) is 2. The van der Waals surface area contributed by atoms with Gasteiger partial charge in [0.05, 0.1) is 6.61 Å². The van der Waals surface area contributed by atoms with E-state index in [2.05, 4.69) is 16.9 Å². The molecular formula is C20H27N3O2S. The highest BCUT2D eigenvalue weighted by molar-refractivity contribution is 7.99. The summed E-state index contributed by atoms with van der Waals surface area (Å²) in [5.74, 6) is 3.04. The Bertz CT molecular complexity index is 770. The molecule has 0 radical (unpaired) electrons. The first-order valence-electron chi connectivity index (χ1n) is 9.53. The summed E-state index contributed by atoms with van der Waals surface area (Å²) in [6.07, 6.45) is 3.64. The minimum Gasteiger partial charge on any atom is -0.494 e. The van der Waals surface area contributed by atoms with E-state index in [4.69, 9.17) is 4.74 Å². The van der Waals surface area contributed by atoms with Crippen molar-refractivity contribution in [1.29, 1.82) is 0 Å². The summed E-state index contributed by atoms with van der Waals surface area (Å²) >= 11 is 1.91. The van der Waals surface area contributed by atoms with Crippen molar-refractivity contribution in [2.45, 2.75) is 25.3 Å². The zero-order chi connectivity index (χ0) is 17.9. The van der Waals surface area contributed by atoms with Gasteiger partial charge in [-0.2, -0.15) is 11.8 Å². The molecule has 2 aliphatic rings. The zero-order valence-corrected chi connectivity index (χ0v) is 16.2. The molecule has 1 unspecified atom stereocenters. The molecular weight excluding hydrogens is 346 g/mol. The maximum absolute atomic E-state index is 12.7. The highest BCUT2D eigenvalue weighted by Gasteiger charge is 2.21. The molecule has 4 rings (SSSR count). The Labute approximate surface area is 159 Å². The molecule has 0 spiro atoms. The van der Waals surface area contributed by atoms with E-state index >= 15 is 0 Å². The van der Waals surface area contributed by atoms with Crippen molar-refractivity contribution in [2.24, 2.45) is 0 Å². The van der Waals surface area contributed by atoms with Gasteiger partial charge in [0, 0.05) is 41.5 Å². The Kier molecular flexibility index (Phi) is 5.41. The number of benzene rings is 1. The van der Waals surface area contributed by atoms with Crippen LogP contribution in [0.2, 0.25) is 0 Å². The molecule has 3 heterocycles. The van der Waals surface area contributed by atoms with Crippen molar-refractivity contribution in [1.82, 2.24) is 14.8 Å². The number of likely N-dealkylation sites (tertiary alicyclic amines) is 1. The number of fused-ring (bicyclic) bond motifs is 1. The Morgan fingerprint density at radius 2 is 2.12 bits per heavy atom. The van der Waals surface area contributed by atoms with Crippen LogP contribution in [-0.2, 0) is 0 Å². The van der Waals surface area contributed by atoms with E-state index in [9.17, 15) is 4.79 Å². The van der Waals surface area contributed by atoms with E-state index in [-0.39, 0.29) is 5.91 Å². The summed E-state index contributed by atoms with van der Waals surface area (Å²) in [4.78, 5) is 20.3. The van der Waals surface area contributed by atoms with Gasteiger partial charge in [-0.15, -0.1) is 0 Å². The number of hydrogen-bond donors (Lipinski definition) is 1. The number of H-pyrrole nitrogens is 1. The lowest BCUT2D eigenvalue weighted by Crippen LogP contribution is -2.38. The van der Waals surface area contributed by atoms with Crippen LogP contribution in [0.1, 0.15) is 29.8 Å². The first kappa shape index (κ1) is 17.7. The van der Waals surface area contributed by atoms with Crippen LogP contribution in [-0.4, -0.2) is 71.5 Å². The van der Waals surface area contributed by atoms with Crippen LogP contribution < -0.4 is 4.74 Å². The molecule has 0 aliphatic carbocycles. The lowest BCUT2D eigenvalue weighted by Gasteiger charge is -2.25. The van der Waals surface area contributed by atoms with Crippen LogP contribution in [0.3, 0.4) is 0 Å². The fraction of sp³-hybridized carbons (Fsp3) is 0.550. The van der Waals surface area contributed by atoms with Crippen molar-refractivity contribution < 1.29 is 9.53 Å². The van der Waals surface area contributed by atoms with Gasteiger partial charge >= 0.3 is 0 Å². The SMILES string of the molecule is CN1CCCC1CCOc1ccc2[nH]c(C(=O)N3CCSCC3)cc2c1. The predicted molar refractivity (Wildman–Crippen MR) is 107 cm³/mol. The molecule has 1 aromatic heterocycles. The minimum absolute atomic E-state index is 0.105. The second kappa shape index (κ2) is 7.92. The molecule has 1 N–H and O–H groups in total. The van der Waals surface area contributed by atoms with E-state index in [0.29, 0.717) is 11.7 Å². The lowest BCUT2D eigenvalue weighted by atomic mass is 10.1. The summed E-state index contributed by atoms with van der Waals surface area (Å²) in [5.41, 5.74) is 1.67. The molecule has 6 heteroatoms. The summed E-state index contributed by atoms with van der Waals surface area (Å²) in [7, 11) is 2.20. The number of aromatic amines is 1. The first-order valence-corrected chi connectivity index (χ1v) is 10.7. The summed E-state index contributed by atoms with van der Waals surface area (Å²) in [6, 6.07) is 8.64. The third-order valence-electron chi connectivity index (χ3n) is 5.51. The van der Waals surface area contributed by atoms with Crippen LogP contribution in [0, 0.1) is 0 Å². The van der Waals surface area contributed by atoms with Gasteiger partial charge in [-0.05, 0) is 57.1 Å². The predicted octanol–water partition coefficient (Wildman–Crippen LogP) is 3.22. The fourth-order valence-corrected chi connectivity index (χ4v) is 4.81. The zero-order valence-electron chi connectivity index (χ0n) is 15.4. The van der Waals surface area contributed by atoms with Gasteiger partial charge in [-0.1, -0.05) is 0 Å². The van der Waals surface area contributed by atoms with Gasteiger partial charge in [0.15, 0.2) is 0 Å². The second-order valence-electron chi connectivity index (χ2n) is 7.25. The molecule has 2 aromatic rings. The average Bonchev–Trinajstić information content (AvgIpc) is 3.27. The fourth-order valence-electron chi connectivity index (χ4n) is 3.91. The maximum atomic E-state index is 12.7. The molecule has 1 aromatic carbocycles. The Balaban J connectivity index is 1.39. The number of nitrogens with one attached hydrogen (secondary N) is 1. The highest BCUT2D eigenvalue weighted by atomic mass is 32.2. The molecule has 2 saturated heterocycles. The van der Waals surface area contributed by atoms with Crippen molar-refractivity contribution in [2.75, 3.05) is 44.8 Å². The van der Waals surface area contributed by atoms with Crippen molar-refractivity contribution >= 4 is 28.6 Å². The molecule has 2 fully saturated rings. The van der Waals surface area contributed by atoms with E-state index < -0.39 is 0 Å². The molecule has 1 amide bonds. The third-order valence-corrected chi connectivity index (χ3v) is 6.45. The van der Waals surface area contributed by atoms with E-state index in [1.165, 1.54) is 19.4 Å². The Morgan fingerprint density at radius 3 is 2.88 bits per heavy atom. The number of aromatic nitrogens is 1. The van der Waals surface area contributed by atoms with Crippen molar-refractivity contribution in [3.63, 3.8) is 0 Å². The first-order chi connectivity index (χ1) is 12.7. The number of ether oxygens (including phenoxy) is 1.